The summed E-state index contributed by atoms with van der Waals surface area (Å²) in [5, 5.41) is 6.99. The molecule has 2 amide bonds. The number of nitrogens with one attached hydrogen (secondary N) is 3. The first kappa shape index (κ1) is 15.1. The van der Waals surface area contributed by atoms with E-state index in [0.717, 1.165) is 17.6 Å². The van der Waals surface area contributed by atoms with Crippen LogP contribution in [0.15, 0.2) is 54.9 Å². The summed E-state index contributed by atoms with van der Waals surface area (Å²) in [7, 11) is 0. The number of carbonyl (C=O) groups excluding carboxylic acids is 1. The highest BCUT2D eigenvalue weighted by Gasteiger charge is 2.10. The van der Waals surface area contributed by atoms with Crippen molar-refractivity contribution in [2.75, 3.05) is 6.54 Å². The summed E-state index contributed by atoms with van der Waals surface area (Å²) in [6.45, 7) is 2.50. The molecule has 5 heteroatoms. The highest BCUT2D eigenvalue weighted by atomic mass is 16.2. The van der Waals surface area contributed by atoms with Gasteiger partial charge in [0.1, 0.15) is 0 Å². The lowest BCUT2D eigenvalue weighted by Crippen LogP contribution is -2.38. The molecule has 0 unspecified atom stereocenters. The molecular formula is C18H20N4O. The summed E-state index contributed by atoms with van der Waals surface area (Å²) in [6, 6.07) is 13.5. The van der Waals surface area contributed by atoms with Crippen LogP contribution in [0.2, 0.25) is 0 Å². The predicted molar refractivity (Wildman–Crippen MR) is 91.2 cm³/mol. The smallest absolute Gasteiger partial charge is 0.315 e. The molecule has 3 N–H and O–H groups in total. The van der Waals surface area contributed by atoms with E-state index < -0.39 is 0 Å². The number of amides is 2. The summed E-state index contributed by atoms with van der Waals surface area (Å²) in [4.78, 5) is 19.4. The first-order valence-electron chi connectivity index (χ1n) is 7.74. The lowest BCUT2D eigenvalue weighted by molar-refractivity contribution is 0.238. The van der Waals surface area contributed by atoms with Crippen LogP contribution >= 0.6 is 0 Å². The Labute approximate surface area is 135 Å². The van der Waals surface area contributed by atoms with Crippen LogP contribution in [0.4, 0.5) is 4.79 Å². The van der Waals surface area contributed by atoms with Crippen LogP contribution in [0, 0.1) is 0 Å². The molecule has 0 aliphatic rings. The van der Waals surface area contributed by atoms with Crippen molar-refractivity contribution in [3.8, 4) is 0 Å². The molecule has 0 radical (unpaired) electrons. The van der Waals surface area contributed by atoms with Crippen molar-refractivity contribution < 1.29 is 4.79 Å². The van der Waals surface area contributed by atoms with Gasteiger partial charge in [0.05, 0.1) is 11.7 Å². The fourth-order valence-electron chi connectivity index (χ4n) is 2.60. The Morgan fingerprint density at radius 2 is 2.04 bits per heavy atom. The molecule has 2 aromatic heterocycles. The van der Waals surface area contributed by atoms with Gasteiger partial charge in [-0.1, -0.05) is 24.3 Å². The van der Waals surface area contributed by atoms with E-state index in [9.17, 15) is 4.79 Å². The topological polar surface area (TPSA) is 69.8 Å². The Kier molecular flexibility index (Phi) is 4.57. The fourth-order valence-corrected chi connectivity index (χ4v) is 2.60. The molecule has 0 aliphatic heterocycles. The zero-order valence-electron chi connectivity index (χ0n) is 13.0. The second kappa shape index (κ2) is 6.96. The molecular weight excluding hydrogens is 288 g/mol. The number of hydrogen-bond acceptors (Lipinski definition) is 2. The van der Waals surface area contributed by atoms with Gasteiger partial charge in [0, 0.05) is 29.8 Å². The molecule has 3 aromatic rings. The number of hydrogen-bond donors (Lipinski definition) is 3. The van der Waals surface area contributed by atoms with Gasteiger partial charge in [0.2, 0.25) is 0 Å². The highest BCUT2D eigenvalue weighted by Crippen LogP contribution is 2.17. The number of H-pyrrole nitrogens is 1. The van der Waals surface area contributed by atoms with Gasteiger partial charge < -0.3 is 15.6 Å². The number of aromatic nitrogens is 2. The SMILES string of the molecule is C[C@H](NC(=O)NCCc1c[nH]c2ccccc12)c1ccccn1. The number of benzene rings is 1. The Balaban J connectivity index is 1.50. The monoisotopic (exact) mass is 308 g/mol. The lowest BCUT2D eigenvalue weighted by atomic mass is 10.1. The molecule has 0 spiro atoms. The van der Waals surface area contributed by atoms with E-state index in [1.54, 1.807) is 6.20 Å². The summed E-state index contributed by atoms with van der Waals surface area (Å²) in [5.41, 5.74) is 3.17. The molecule has 0 bridgehead atoms. The van der Waals surface area contributed by atoms with Crippen molar-refractivity contribution in [3.63, 3.8) is 0 Å². The highest BCUT2D eigenvalue weighted by molar-refractivity contribution is 5.83. The average molecular weight is 308 g/mol. The minimum Gasteiger partial charge on any atom is -0.361 e. The molecule has 5 nitrogen and oxygen atoms in total. The summed E-state index contributed by atoms with van der Waals surface area (Å²) >= 11 is 0. The third-order valence-corrected chi connectivity index (χ3v) is 3.83. The van der Waals surface area contributed by atoms with Gasteiger partial charge in [-0.05, 0) is 37.1 Å². The number of rotatable bonds is 5. The normalized spacial score (nSPS) is 12.0. The maximum atomic E-state index is 12.0. The Hall–Kier alpha value is -2.82. The van der Waals surface area contributed by atoms with Gasteiger partial charge in [-0.25, -0.2) is 4.79 Å². The maximum Gasteiger partial charge on any atom is 0.315 e. The number of urea groups is 1. The predicted octanol–water partition coefficient (Wildman–Crippen LogP) is 3.17. The van der Waals surface area contributed by atoms with Crippen LogP contribution in [0.25, 0.3) is 10.9 Å². The van der Waals surface area contributed by atoms with Crippen molar-refractivity contribution in [1.29, 1.82) is 0 Å². The van der Waals surface area contributed by atoms with Crippen LogP contribution < -0.4 is 10.6 Å². The first-order chi connectivity index (χ1) is 11.2. The molecule has 3 rings (SSSR count). The summed E-state index contributed by atoms with van der Waals surface area (Å²) in [6.07, 6.45) is 4.51. The summed E-state index contributed by atoms with van der Waals surface area (Å²) < 4.78 is 0. The molecule has 1 aromatic carbocycles. The minimum atomic E-state index is -0.178. The molecule has 0 aliphatic carbocycles. The van der Waals surface area contributed by atoms with Gasteiger partial charge in [-0.3, -0.25) is 4.98 Å². The second-order valence-electron chi connectivity index (χ2n) is 5.49. The van der Waals surface area contributed by atoms with Gasteiger partial charge in [0.25, 0.3) is 0 Å². The van der Waals surface area contributed by atoms with Gasteiger partial charge >= 0.3 is 6.03 Å². The fraction of sp³-hybridized carbons (Fsp3) is 0.222. The third-order valence-electron chi connectivity index (χ3n) is 3.83. The quantitative estimate of drug-likeness (QED) is 0.677. The van der Waals surface area contributed by atoms with Gasteiger partial charge in [-0.2, -0.15) is 0 Å². The van der Waals surface area contributed by atoms with Crippen LogP contribution in [0.5, 0.6) is 0 Å². The van der Waals surface area contributed by atoms with E-state index in [2.05, 4.69) is 26.7 Å². The number of aromatic amines is 1. The van der Waals surface area contributed by atoms with Crippen molar-refractivity contribution in [2.24, 2.45) is 0 Å². The van der Waals surface area contributed by atoms with Crippen molar-refractivity contribution >= 4 is 16.9 Å². The van der Waals surface area contributed by atoms with Crippen LogP contribution in [-0.4, -0.2) is 22.5 Å². The largest absolute Gasteiger partial charge is 0.361 e. The molecule has 23 heavy (non-hydrogen) atoms. The Morgan fingerprint density at radius 3 is 2.87 bits per heavy atom. The van der Waals surface area contributed by atoms with Gasteiger partial charge in [0.15, 0.2) is 0 Å². The molecule has 0 saturated heterocycles. The molecule has 0 fully saturated rings. The second-order valence-corrected chi connectivity index (χ2v) is 5.49. The zero-order chi connectivity index (χ0) is 16.1. The van der Waals surface area contributed by atoms with Crippen LogP contribution in [0.1, 0.15) is 24.2 Å². The molecule has 118 valence electrons. The standard InChI is InChI=1S/C18H20N4O/c1-13(16-7-4-5-10-19-16)22-18(23)20-11-9-14-12-21-17-8-3-2-6-15(14)17/h2-8,10,12-13,21H,9,11H2,1H3,(H2,20,22,23)/t13-/m0/s1. The van der Waals surface area contributed by atoms with E-state index in [4.69, 9.17) is 0 Å². The van der Waals surface area contributed by atoms with Crippen LogP contribution in [0.3, 0.4) is 0 Å². The Bertz CT molecular complexity index is 782. The van der Waals surface area contributed by atoms with Gasteiger partial charge in [-0.15, -0.1) is 0 Å². The van der Waals surface area contributed by atoms with E-state index >= 15 is 0 Å². The zero-order valence-corrected chi connectivity index (χ0v) is 13.0. The molecule has 0 saturated carbocycles. The van der Waals surface area contributed by atoms with Crippen molar-refractivity contribution in [1.82, 2.24) is 20.6 Å². The average Bonchev–Trinajstić information content (AvgIpc) is 2.99. The first-order valence-corrected chi connectivity index (χ1v) is 7.74. The van der Waals surface area contributed by atoms with Crippen molar-refractivity contribution in [3.05, 3.63) is 66.1 Å². The maximum absolute atomic E-state index is 12.0. The molecule has 1 atom stereocenters. The van der Waals surface area contributed by atoms with Crippen molar-refractivity contribution in [2.45, 2.75) is 19.4 Å². The number of pyridine rings is 1. The van der Waals surface area contributed by atoms with Crippen LogP contribution in [-0.2, 0) is 6.42 Å². The number of carbonyl (C=O) groups is 1. The van der Waals surface area contributed by atoms with E-state index in [-0.39, 0.29) is 12.1 Å². The number of nitrogens with zero attached hydrogens (tertiary/aromatic N) is 1. The third kappa shape index (κ3) is 3.69. The molecule has 2 heterocycles. The Morgan fingerprint density at radius 1 is 1.22 bits per heavy atom. The minimum absolute atomic E-state index is 0.121. The summed E-state index contributed by atoms with van der Waals surface area (Å²) in [5.74, 6) is 0. The number of fused-ring (bicyclic) bond motifs is 1. The number of para-hydroxylation sites is 1. The lowest BCUT2D eigenvalue weighted by Gasteiger charge is -2.14. The van der Waals surface area contributed by atoms with E-state index in [0.29, 0.717) is 6.54 Å². The van der Waals surface area contributed by atoms with E-state index in [1.807, 2.05) is 49.5 Å². The van der Waals surface area contributed by atoms with E-state index in [1.165, 1.54) is 10.9 Å².